The highest BCUT2D eigenvalue weighted by atomic mass is 14.9. The first-order chi connectivity index (χ1) is 6.27. The normalized spacial score (nSPS) is 43.8. The van der Waals surface area contributed by atoms with Crippen LogP contribution in [-0.2, 0) is 0 Å². The Bertz CT molecular complexity index is 168. The van der Waals surface area contributed by atoms with Crippen molar-refractivity contribution in [2.75, 3.05) is 13.1 Å². The van der Waals surface area contributed by atoms with Crippen molar-refractivity contribution < 1.29 is 0 Å². The highest BCUT2D eigenvalue weighted by Crippen LogP contribution is 2.61. The fourth-order valence-electron chi connectivity index (χ4n) is 2.99. The first kappa shape index (κ1) is 9.51. The molecule has 0 heterocycles. The van der Waals surface area contributed by atoms with Gasteiger partial charge in [0.25, 0.3) is 0 Å². The SMILES string of the molecule is CCNCC1CC12CCC(C)CC2. The summed E-state index contributed by atoms with van der Waals surface area (Å²) in [6.07, 6.45) is 7.53. The number of hydrogen-bond donors (Lipinski definition) is 1. The van der Waals surface area contributed by atoms with E-state index in [4.69, 9.17) is 0 Å². The Morgan fingerprint density at radius 1 is 1.31 bits per heavy atom. The van der Waals surface area contributed by atoms with Crippen LogP contribution in [-0.4, -0.2) is 13.1 Å². The van der Waals surface area contributed by atoms with Gasteiger partial charge >= 0.3 is 0 Å². The van der Waals surface area contributed by atoms with Gasteiger partial charge in [0.1, 0.15) is 0 Å². The summed E-state index contributed by atoms with van der Waals surface area (Å²) in [4.78, 5) is 0. The Hall–Kier alpha value is -0.0400. The minimum absolute atomic E-state index is 0.814. The molecular weight excluding hydrogens is 158 g/mol. The van der Waals surface area contributed by atoms with Crippen LogP contribution in [0.4, 0.5) is 0 Å². The molecule has 0 aliphatic heterocycles. The summed E-state index contributed by atoms with van der Waals surface area (Å²) in [7, 11) is 0. The molecule has 1 N–H and O–H groups in total. The quantitative estimate of drug-likeness (QED) is 0.706. The summed E-state index contributed by atoms with van der Waals surface area (Å²) in [5, 5.41) is 3.49. The fraction of sp³-hybridized carbons (Fsp3) is 1.00. The van der Waals surface area contributed by atoms with Crippen molar-refractivity contribution in [1.29, 1.82) is 0 Å². The van der Waals surface area contributed by atoms with E-state index in [1.165, 1.54) is 38.6 Å². The molecular formula is C12H23N. The van der Waals surface area contributed by atoms with Gasteiger partial charge in [-0.25, -0.2) is 0 Å². The smallest absolute Gasteiger partial charge is 0.00151 e. The van der Waals surface area contributed by atoms with Crippen LogP contribution in [0, 0.1) is 17.3 Å². The van der Waals surface area contributed by atoms with E-state index >= 15 is 0 Å². The van der Waals surface area contributed by atoms with Gasteiger partial charge in [0, 0.05) is 0 Å². The molecule has 2 rings (SSSR count). The minimum atomic E-state index is 0.814. The lowest BCUT2D eigenvalue weighted by atomic mass is 9.79. The van der Waals surface area contributed by atoms with Gasteiger partial charge in [0.15, 0.2) is 0 Å². The third-order valence-corrected chi connectivity index (χ3v) is 4.27. The Labute approximate surface area is 82.3 Å². The maximum atomic E-state index is 3.49. The lowest BCUT2D eigenvalue weighted by Crippen LogP contribution is -2.22. The van der Waals surface area contributed by atoms with Crippen LogP contribution in [0.3, 0.4) is 0 Å². The molecule has 0 aromatic carbocycles. The molecule has 1 nitrogen and oxygen atoms in total. The average Bonchev–Trinajstić information content (AvgIpc) is 2.82. The van der Waals surface area contributed by atoms with Gasteiger partial charge in [-0.1, -0.05) is 26.7 Å². The molecule has 0 radical (unpaired) electrons. The van der Waals surface area contributed by atoms with Crippen molar-refractivity contribution in [2.24, 2.45) is 17.3 Å². The summed E-state index contributed by atoms with van der Waals surface area (Å²) in [5.41, 5.74) is 0.814. The van der Waals surface area contributed by atoms with Crippen LogP contribution in [0.15, 0.2) is 0 Å². The predicted molar refractivity (Wildman–Crippen MR) is 56.7 cm³/mol. The minimum Gasteiger partial charge on any atom is -0.317 e. The molecule has 0 amide bonds. The molecule has 0 aromatic rings. The fourth-order valence-corrected chi connectivity index (χ4v) is 2.99. The number of rotatable bonds is 3. The summed E-state index contributed by atoms with van der Waals surface area (Å²) in [6.45, 7) is 7.04. The van der Waals surface area contributed by atoms with Crippen molar-refractivity contribution in [2.45, 2.75) is 46.0 Å². The zero-order chi connectivity index (χ0) is 9.31. The summed E-state index contributed by atoms with van der Waals surface area (Å²) >= 11 is 0. The largest absolute Gasteiger partial charge is 0.317 e. The molecule has 2 saturated carbocycles. The molecule has 2 aliphatic rings. The molecule has 0 bridgehead atoms. The van der Waals surface area contributed by atoms with Crippen molar-refractivity contribution in [3.8, 4) is 0 Å². The van der Waals surface area contributed by atoms with E-state index in [1.54, 1.807) is 0 Å². The van der Waals surface area contributed by atoms with E-state index in [-0.39, 0.29) is 0 Å². The summed E-state index contributed by atoms with van der Waals surface area (Å²) < 4.78 is 0. The molecule has 76 valence electrons. The van der Waals surface area contributed by atoms with Crippen molar-refractivity contribution in [1.82, 2.24) is 5.32 Å². The molecule has 2 aliphatic carbocycles. The average molecular weight is 181 g/mol. The van der Waals surface area contributed by atoms with E-state index in [0.717, 1.165) is 23.8 Å². The Balaban J connectivity index is 1.76. The van der Waals surface area contributed by atoms with Crippen LogP contribution in [0.1, 0.15) is 46.0 Å². The van der Waals surface area contributed by atoms with Crippen molar-refractivity contribution in [3.05, 3.63) is 0 Å². The maximum absolute atomic E-state index is 3.49. The predicted octanol–water partition coefficient (Wildman–Crippen LogP) is 2.81. The van der Waals surface area contributed by atoms with Gasteiger partial charge in [0.05, 0.1) is 0 Å². The lowest BCUT2D eigenvalue weighted by molar-refractivity contribution is 0.249. The Kier molecular flexibility index (Phi) is 2.64. The van der Waals surface area contributed by atoms with E-state index in [2.05, 4.69) is 19.2 Å². The molecule has 1 atom stereocenters. The molecule has 1 heteroatoms. The molecule has 2 fully saturated rings. The van der Waals surface area contributed by atoms with Gasteiger partial charge in [0.2, 0.25) is 0 Å². The van der Waals surface area contributed by atoms with Gasteiger partial charge in [-0.05, 0) is 49.6 Å². The number of nitrogens with one attached hydrogen (secondary N) is 1. The van der Waals surface area contributed by atoms with E-state index in [1.807, 2.05) is 0 Å². The maximum Gasteiger partial charge on any atom is -0.00151 e. The zero-order valence-electron chi connectivity index (χ0n) is 9.10. The molecule has 0 saturated heterocycles. The van der Waals surface area contributed by atoms with Crippen LogP contribution in [0.25, 0.3) is 0 Å². The summed E-state index contributed by atoms with van der Waals surface area (Å²) in [5.74, 6) is 2.03. The highest BCUT2D eigenvalue weighted by Gasteiger charge is 2.53. The van der Waals surface area contributed by atoms with Gasteiger partial charge in [-0.2, -0.15) is 0 Å². The van der Waals surface area contributed by atoms with E-state index < -0.39 is 0 Å². The second-order valence-electron chi connectivity index (χ2n) is 5.25. The summed E-state index contributed by atoms with van der Waals surface area (Å²) in [6, 6.07) is 0. The topological polar surface area (TPSA) is 12.0 Å². The third kappa shape index (κ3) is 1.90. The van der Waals surface area contributed by atoms with Gasteiger partial charge < -0.3 is 5.32 Å². The molecule has 0 aromatic heterocycles. The monoisotopic (exact) mass is 181 g/mol. The Morgan fingerprint density at radius 2 is 2.00 bits per heavy atom. The van der Waals surface area contributed by atoms with Gasteiger partial charge in [-0.3, -0.25) is 0 Å². The van der Waals surface area contributed by atoms with Crippen molar-refractivity contribution >= 4 is 0 Å². The second kappa shape index (κ2) is 3.61. The Morgan fingerprint density at radius 3 is 2.62 bits per heavy atom. The van der Waals surface area contributed by atoms with Crippen LogP contribution < -0.4 is 5.32 Å². The third-order valence-electron chi connectivity index (χ3n) is 4.27. The van der Waals surface area contributed by atoms with E-state index in [0.29, 0.717) is 0 Å². The van der Waals surface area contributed by atoms with Gasteiger partial charge in [-0.15, -0.1) is 0 Å². The highest BCUT2D eigenvalue weighted by molar-refractivity contribution is 5.04. The second-order valence-corrected chi connectivity index (χ2v) is 5.25. The van der Waals surface area contributed by atoms with Crippen molar-refractivity contribution in [3.63, 3.8) is 0 Å². The molecule has 1 spiro atoms. The lowest BCUT2D eigenvalue weighted by Gasteiger charge is -2.27. The molecule has 13 heavy (non-hydrogen) atoms. The zero-order valence-corrected chi connectivity index (χ0v) is 9.10. The number of hydrogen-bond acceptors (Lipinski definition) is 1. The van der Waals surface area contributed by atoms with Crippen LogP contribution in [0.5, 0.6) is 0 Å². The van der Waals surface area contributed by atoms with Crippen LogP contribution in [0.2, 0.25) is 0 Å². The van der Waals surface area contributed by atoms with E-state index in [9.17, 15) is 0 Å². The first-order valence-corrected chi connectivity index (χ1v) is 5.97. The molecule has 1 unspecified atom stereocenters. The van der Waals surface area contributed by atoms with Crippen LogP contribution >= 0.6 is 0 Å². The standard InChI is InChI=1S/C12H23N/c1-3-13-9-11-8-12(11)6-4-10(2)5-7-12/h10-11,13H,3-9H2,1-2H3. The first-order valence-electron chi connectivity index (χ1n) is 5.97.